The number of amides is 1. The molecule has 2 unspecified atom stereocenters. The van der Waals surface area contributed by atoms with E-state index in [1.807, 2.05) is 80.1 Å². The van der Waals surface area contributed by atoms with Gasteiger partial charge in [-0.25, -0.2) is 4.68 Å². The summed E-state index contributed by atoms with van der Waals surface area (Å²) in [6, 6.07) is 17.6. The Morgan fingerprint density at radius 2 is 1.83 bits per heavy atom. The lowest BCUT2D eigenvalue weighted by Gasteiger charge is -2.33. The largest absolute Gasteiger partial charge is 0.352 e. The monoisotopic (exact) mass is 488 g/mol. The van der Waals surface area contributed by atoms with E-state index < -0.39 is 0 Å². The van der Waals surface area contributed by atoms with Gasteiger partial charge in [-0.05, 0) is 63.4 Å². The van der Waals surface area contributed by atoms with Crippen molar-refractivity contribution in [2.45, 2.75) is 39.7 Å². The van der Waals surface area contributed by atoms with Crippen LogP contribution in [-0.2, 0) is 4.79 Å². The summed E-state index contributed by atoms with van der Waals surface area (Å²) in [6.45, 7) is 7.43. The van der Waals surface area contributed by atoms with Crippen molar-refractivity contribution in [3.63, 3.8) is 0 Å². The fraction of sp³-hybridized carbons (Fsp3) is 0.333. The topological polar surface area (TPSA) is 75.9 Å². The van der Waals surface area contributed by atoms with E-state index >= 15 is 0 Å². The van der Waals surface area contributed by atoms with Crippen LogP contribution in [0.2, 0.25) is 5.02 Å². The molecule has 4 aromatic rings. The Balaban J connectivity index is 1.42. The van der Waals surface area contributed by atoms with E-state index in [9.17, 15) is 4.79 Å². The fourth-order valence-corrected chi connectivity index (χ4v) is 5.02. The minimum absolute atomic E-state index is 0.0392. The quantitative estimate of drug-likeness (QED) is 0.419. The lowest BCUT2D eigenvalue weighted by Crippen LogP contribution is -2.44. The number of nitrogens with one attached hydrogen (secondary N) is 1. The van der Waals surface area contributed by atoms with Gasteiger partial charge in [-0.3, -0.25) is 4.79 Å². The Kier molecular flexibility index (Phi) is 6.43. The standard InChI is InChI=1S/C27H29ClN6O/c1-17(20-8-5-4-6-9-20)29-27(35)21-10-7-15-33(16-21)26-25-24(18(2)30-31-26)19(3)34(32-25)23-13-11-22(28)12-14-23/h4-6,8-9,11-14,17,21H,7,10,15-16H2,1-3H3,(H,29,35). The number of piperidine rings is 1. The number of benzene rings is 2. The van der Waals surface area contributed by atoms with E-state index in [-0.39, 0.29) is 17.9 Å². The average Bonchev–Trinajstić information content (AvgIpc) is 3.23. The van der Waals surface area contributed by atoms with Crippen molar-refractivity contribution < 1.29 is 4.79 Å². The Bertz CT molecular complexity index is 1350. The highest BCUT2D eigenvalue weighted by Crippen LogP contribution is 2.32. The van der Waals surface area contributed by atoms with Gasteiger partial charge in [0.25, 0.3) is 0 Å². The molecule has 8 heteroatoms. The molecular weight excluding hydrogens is 460 g/mol. The predicted molar refractivity (Wildman–Crippen MR) is 139 cm³/mol. The minimum atomic E-state index is -0.118. The van der Waals surface area contributed by atoms with Crippen LogP contribution < -0.4 is 10.2 Å². The second-order valence-electron chi connectivity index (χ2n) is 9.23. The molecule has 2 atom stereocenters. The molecule has 1 N–H and O–H groups in total. The van der Waals surface area contributed by atoms with Crippen molar-refractivity contribution in [2.75, 3.05) is 18.0 Å². The third kappa shape index (κ3) is 4.60. The Hall–Kier alpha value is -3.45. The first-order valence-electron chi connectivity index (χ1n) is 12.0. The number of carbonyl (C=O) groups excluding carboxylic acids is 1. The summed E-state index contributed by atoms with van der Waals surface area (Å²) in [7, 11) is 0. The number of anilines is 1. The van der Waals surface area contributed by atoms with E-state index in [0.717, 1.165) is 58.7 Å². The Morgan fingerprint density at radius 1 is 1.09 bits per heavy atom. The molecule has 0 spiro atoms. The molecule has 2 aromatic carbocycles. The number of hydrogen-bond acceptors (Lipinski definition) is 5. The normalized spacial score (nSPS) is 16.9. The molecule has 1 fully saturated rings. The summed E-state index contributed by atoms with van der Waals surface area (Å²) in [5.41, 5.74) is 4.68. The van der Waals surface area contributed by atoms with Crippen LogP contribution in [0.25, 0.3) is 16.6 Å². The van der Waals surface area contributed by atoms with Gasteiger partial charge in [-0.15, -0.1) is 5.10 Å². The highest BCUT2D eigenvalue weighted by Gasteiger charge is 2.30. The van der Waals surface area contributed by atoms with Gasteiger partial charge < -0.3 is 10.2 Å². The van der Waals surface area contributed by atoms with E-state index in [1.54, 1.807) is 0 Å². The summed E-state index contributed by atoms with van der Waals surface area (Å²) >= 11 is 6.09. The van der Waals surface area contributed by atoms with Crippen LogP contribution >= 0.6 is 11.6 Å². The number of hydrogen-bond donors (Lipinski definition) is 1. The summed E-state index contributed by atoms with van der Waals surface area (Å²) in [6.07, 6.45) is 1.76. The SMILES string of the molecule is Cc1nnc(N2CCCC(C(=O)NC(C)c3ccccc3)C2)c2nn(-c3ccc(Cl)cc3)c(C)c12. The van der Waals surface area contributed by atoms with Crippen LogP contribution in [0.5, 0.6) is 0 Å². The van der Waals surface area contributed by atoms with Crippen molar-refractivity contribution in [1.82, 2.24) is 25.3 Å². The molecule has 0 aliphatic carbocycles. The van der Waals surface area contributed by atoms with Gasteiger partial charge in [-0.2, -0.15) is 10.2 Å². The summed E-state index contributed by atoms with van der Waals surface area (Å²) in [5, 5.41) is 18.8. The third-order valence-corrected chi connectivity index (χ3v) is 7.06. The molecule has 1 aliphatic rings. The van der Waals surface area contributed by atoms with Crippen molar-refractivity contribution in [2.24, 2.45) is 5.92 Å². The molecule has 7 nitrogen and oxygen atoms in total. The fourth-order valence-electron chi connectivity index (χ4n) is 4.90. The van der Waals surface area contributed by atoms with E-state index in [4.69, 9.17) is 16.7 Å². The van der Waals surface area contributed by atoms with E-state index in [0.29, 0.717) is 11.6 Å². The van der Waals surface area contributed by atoms with E-state index in [2.05, 4.69) is 20.4 Å². The molecule has 0 saturated carbocycles. The molecule has 3 heterocycles. The van der Waals surface area contributed by atoms with Gasteiger partial charge in [0.15, 0.2) is 5.82 Å². The van der Waals surface area contributed by atoms with Crippen LogP contribution in [0.1, 0.15) is 42.8 Å². The van der Waals surface area contributed by atoms with Gasteiger partial charge in [0.05, 0.1) is 34.4 Å². The molecule has 5 rings (SSSR count). The number of halogens is 1. The highest BCUT2D eigenvalue weighted by molar-refractivity contribution is 6.30. The van der Waals surface area contributed by atoms with Crippen LogP contribution in [0, 0.1) is 19.8 Å². The lowest BCUT2D eigenvalue weighted by molar-refractivity contribution is -0.125. The first kappa shape index (κ1) is 23.3. The van der Waals surface area contributed by atoms with Gasteiger partial charge in [-0.1, -0.05) is 41.9 Å². The van der Waals surface area contributed by atoms with E-state index in [1.165, 1.54) is 0 Å². The van der Waals surface area contributed by atoms with Crippen molar-refractivity contribution >= 4 is 34.2 Å². The second-order valence-corrected chi connectivity index (χ2v) is 9.67. The zero-order chi connectivity index (χ0) is 24.5. The van der Waals surface area contributed by atoms with Crippen LogP contribution in [0.15, 0.2) is 54.6 Å². The molecule has 35 heavy (non-hydrogen) atoms. The Labute approximate surface area is 210 Å². The lowest BCUT2D eigenvalue weighted by atomic mass is 9.96. The molecular formula is C27H29ClN6O. The maximum absolute atomic E-state index is 13.1. The third-order valence-electron chi connectivity index (χ3n) is 6.81. The summed E-state index contributed by atoms with van der Waals surface area (Å²) in [4.78, 5) is 15.3. The van der Waals surface area contributed by atoms with Gasteiger partial charge in [0.1, 0.15) is 5.52 Å². The van der Waals surface area contributed by atoms with Crippen molar-refractivity contribution in [3.05, 3.63) is 76.6 Å². The van der Waals surface area contributed by atoms with Gasteiger partial charge in [0.2, 0.25) is 5.91 Å². The van der Waals surface area contributed by atoms with Gasteiger partial charge >= 0.3 is 0 Å². The first-order valence-corrected chi connectivity index (χ1v) is 12.4. The molecule has 1 amide bonds. The maximum atomic E-state index is 13.1. The predicted octanol–water partition coefficient (Wildman–Crippen LogP) is 5.18. The second kappa shape index (κ2) is 9.66. The van der Waals surface area contributed by atoms with Crippen LogP contribution in [0.3, 0.4) is 0 Å². The van der Waals surface area contributed by atoms with Crippen LogP contribution in [0.4, 0.5) is 5.82 Å². The molecule has 180 valence electrons. The van der Waals surface area contributed by atoms with Crippen molar-refractivity contribution in [3.8, 4) is 5.69 Å². The zero-order valence-corrected chi connectivity index (χ0v) is 21.0. The zero-order valence-electron chi connectivity index (χ0n) is 20.2. The highest BCUT2D eigenvalue weighted by atomic mass is 35.5. The maximum Gasteiger partial charge on any atom is 0.225 e. The number of nitrogens with zero attached hydrogens (tertiary/aromatic N) is 5. The minimum Gasteiger partial charge on any atom is -0.352 e. The number of carbonyl (C=O) groups is 1. The number of aromatic nitrogens is 4. The van der Waals surface area contributed by atoms with Gasteiger partial charge in [0, 0.05) is 18.1 Å². The molecule has 0 radical (unpaired) electrons. The smallest absolute Gasteiger partial charge is 0.225 e. The number of rotatable bonds is 5. The summed E-state index contributed by atoms with van der Waals surface area (Å²) < 4.78 is 1.91. The van der Waals surface area contributed by atoms with Crippen molar-refractivity contribution in [1.29, 1.82) is 0 Å². The first-order chi connectivity index (χ1) is 16.9. The molecule has 1 saturated heterocycles. The Morgan fingerprint density at radius 3 is 2.57 bits per heavy atom. The molecule has 2 aromatic heterocycles. The average molecular weight is 489 g/mol. The summed E-state index contributed by atoms with van der Waals surface area (Å²) in [5.74, 6) is 0.688. The number of aryl methyl sites for hydroxylation is 2. The number of fused-ring (bicyclic) bond motifs is 1. The molecule has 1 aliphatic heterocycles. The van der Waals surface area contributed by atoms with Crippen LogP contribution in [-0.4, -0.2) is 39.0 Å². The molecule has 0 bridgehead atoms.